The maximum atomic E-state index is 12.0. The lowest BCUT2D eigenvalue weighted by molar-refractivity contribution is -0.127. The fourth-order valence-electron chi connectivity index (χ4n) is 2.08. The number of carbonyl (C=O) groups is 1. The van der Waals surface area contributed by atoms with Crippen LogP contribution in [-0.4, -0.2) is 49.4 Å². The van der Waals surface area contributed by atoms with Crippen LogP contribution < -0.4 is 0 Å². The van der Waals surface area contributed by atoms with Gasteiger partial charge in [-0.05, 0) is 26.0 Å². The first-order valence-electron chi connectivity index (χ1n) is 7.42. The van der Waals surface area contributed by atoms with Crippen molar-refractivity contribution in [2.24, 2.45) is 0 Å². The van der Waals surface area contributed by atoms with E-state index in [1.165, 1.54) is 11.8 Å². The minimum absolute atomic E-state index is 0.134. The summed E-state index contributed by atoms with van der Waals surface area (Å²) in [5.74, 6) is 0.526. The van der Waals surface area contributed by atoms with Gasteiger partial charge in [0.2, 0.25) is 5.91 Å². The van der Waals surface area contributed by atoms with Gasteiger partial charge in [0, 0.05) is 37.9 Å². The van der Waals surface area contributed by atoms with Crippen LogP contribution in [0.1, 0.15) is 19.5 Å². The van der Waals surface area contributed by atoms with Crippen LogP contribution in [0.2, 0.25) is 0 Å². The van der Waals surface area contributed by atoms with Crippen molar-refractivity contribution in [3.63, 3.8) is 0 Å². The molecule has 22 heavy (non-hydrogen) atoms. The molecule has 0 N–H and O–H groups in total. The second-order valence-electron chi connectivity index (χ2n) is 4.73. The summed E-state index contributed by atoms with van der Waals surface area (Å²) in [5.41, 5.74) is 1.03. The molecule has 0 radical (unpaired) electrons. The molecule has 0 saturated carbocycles. The van der Waals surface area contributed by atoms with Crippen LogP contribution in [0.15, 0.2) is 35.9 Å². The number of thioether (sulfide) groups is 1. The zero-order valence-corrected chi connectivity index (χ0v) is 13.8. The molecule has 0 aliphatic rings. The minimum Gasteiger partial charge on any atom is -0.343 e. The molecular formula is C15H21N5OS. The summed E-state index contributed by atoms with van der Waals surface area (Å²) in [5, 5.41) is 8.82. The summed E-state index contributed by atoms with van der Waals surface area (Å²) >= 11 is 1.43. The molecule has 0 unspecified atom stereocenters. The average Bonchev–Trinajstić information content (AvgIpc) is 3.00. The quantitative estimate of drug-likeness (QED) is 0.695. The molecule has 0 aliphatic carbocycles. The van der Waals surface area contributed by atoms with E-state index >= 15 is 0 Å². The molecule has 0 saturated heterocycles. The molecule has 0 bridgehead atoms. The van der Waals surface area contributed by atoms with Gasteiger partial charge in [0.15, 0.2) is 5.16 Å². The molecule has 1 amide bonds. The van der Waals surface area contributed by atoms with E-state index in [1.807, 2.05) is 41.5 Å². The van der Waals surface area contributed by atoms with Gasteiger partial charge in [-0.2, -0.15) is 0 Å². The lowest BCUT2D eigenvalue weighted by Gasteiger charge is -2.18. The molecule has 6 nitrogen and oxygen atoms in total. The first-order valence-corrected chi connectivity index (χ1v) is 8.41. The van der Waals surface area contributed by atoms with Gasteiger partial charge in [0.1, 0.15) is 6.33 Å². The van der Waals surface area contributed by atoms with Gasteiger partial charge in [-0.1, -0.05) is 17.8 Å². The molecule has 7 heteroatoms. The summed E-state index contributed by atoms with van der Waals surface area (Å²) in [6, 6.07) is 5.89. The third kappa shape index (κ3) is 4.56. The Morgan fingerprint density at radius 2 is 2.14 bits per heavy atom. The molecule has 2 heterocycles. The maximum Gasteiger partial charge on any atom is 0.233 e. The van der Waals surface area contributed by atoms with Crippen molar-refractivity contribution in [1.82, 2.24) is 24.6 Å². The van der Waals surface area contributed by atoms with Gasteiger partial charge >= 0.3 is 0 Å². The number of nitrogens with zero attached hydrogens (tertiary/aromatic N) is 5. The summed E-state index contributed by atoms with van der Waals surface area (Å²) in [6.45, 7) is 6.21. The Labute approximate surface area is 134 Å². The highest BCUT2D eigenvalue weighted by atomic mass is 32.2. The smallest absolute Gasteiger partial charge is 0.233 e. The second kappa shape index (κ2) is 8.53. The topological polar surface area (TPSA) is 63.9 Å². The number of rotatable bonds is 8. The molecule has 2 aromatic rings. The van der Waals surface area contributed by atoms with Crippen LogP contribution in [0, 0.1) is 0 Å². The summed E-state index contributed by atoms with van der Waals surface area (Å²) in [4.78, 5) is 18.2. The predicted octanol–water partition coefficient (Wildman–Crippen LogP) is 1.88. The van der Waals surface area contributed by atoms with Crippen molar-refractivity contribution < 1.29 is 4.79 Å². The zero-order chi connectivity index (χ0) is 15.8. The van der Waals surface area contributed by atoms with Crippen LogP contribution in [-0.2, 0) is 17.8 Å². The highest BCUT2D eigenvalue weighted by Crippen LogP contribution is 2.16. The van der Waals surface area contributed by atoms with E-state index in [1.54, 1.807) is 12.5 Å². The van der Waals surface area contributed by atoms with Crippen molar-refractivity contribution in [3.05, 3.63) is 36.4 Å². The van der Waals surface area contributed by atoms with Gasteiger partial charge < -0.3 is 9.47 Å². The third-order valence-corrected chi connectivity index (χ3v) is 4.32. The van der Waals surface area contributed by atoms with E-state index in [9.17, 15) is 4.79 Å². The summed E-state index contributed by atoms with van der Waals surface area (Å²) in [7, 11) is 0. The average molecular weight is 319 g/mol. The number of hydrogen-bond acceptors (Lipinski definition) is 5. The Morgan fingerprint density at radius 3 is 2.82 bits per heavy atom. The van der Waals surface area contributed by atoms with Gasteiger partial charge in [-0.25, -0.2) is 0 Å². The molecule has 0 fully saturated rings. The van der Waals surface area contributed by atoms with Crippen LogP contribution in [0.5, 0.6) is 0 Å². The Bertz CT molecular complexity index is 583. The standard InChI is InChI=1S/C15H21N5OS/c1-3-19(4-2)14(21)11-22-15-18-17-12-20(15)10-8-13-7-5-6-9-16-13/h5-7,9,12H,3-4,8,10-11H2,1-2H3. The molecule has 0 spiro atoms. The molecule has 2 rings (SSSR count). The lowest BCUT2D eigenvalue weighted by Crippen LogP contribution is -2.31. The van der Waals surface area contributed by atoms with Crippen LogP contribution >= 0.6 is 11.8 Å². The fraction of sp³-hybridized carbons (Fsp3) is 0.467. The molecule has 118 valence electrons. The fourth-order valence-corrected chi connectivity index (χ4v) is 2.93. The van der Waals surface area contributed by atoms with E-state index in [0.717, 1.165) is 36.9 Å². The third-order valence-electron chi connectivity index (χ3n) is 3.36. The zero-order valence-electron chi connectivity index (χ0n) is 13.0. The lowest BCUT2D eigenvalue weighted by atomic mass is 10.3. The van der Waals surface area contributed by atoms with Crippen LogP contribution in [0.25, 0.3) is 0 Å². The minimum atomic E-state index is 0.134. The van der Waals surface area contributed by atoms with Crippen molar-refractivity contribution in [1.29, 1.82) is 0 Å². The summed E-state index contributed by atoms with van der Waals surface area (Å²) in [6.07, 6.45) is 4.31. The number of aryl methyl sites for hydroxylation is 2. The van der Waals surface area contributed by atoms with E-state index in [4.69, 9.17) is 0 Å². The molecule has 0 aromatic carbocycles. The number of amides is 1. The van der Waals surface area contributed by atoms with Gasteiger partial charge in [-0.15, -0.1) is 10.2 Å². The van der Waals surface area contributed by atoms with Gasteiger partial charge in [0.25, 0.3) is 0 Å². The Balaban J connectivity index is 1.88. The second-order valence-corrected chi connectivity index (χ2v) is 5.68. The van der Waals surface area contributed by atoms with Crippen LogP contribution in [0.4, 0.5) is 0 Å². The Kier molecular flexibility index (Phi) is 6.39. The van der Waals surface area contributed by atoms with E-state index in [0.29, 0.717) is 5.75 Å². The highest BCUT2D eigenvalue weighted by molar-refractivity contribution is 7.99. The largest absolute Gasteiger partial charge is 0.343 e. The first kappa shape index (κ1) is 16.5. The molecule has 2 aromatic heterocycles. The normalized spacial score (nSPS) is 10.6. The maximum absolute atomic E-state index is 12.0. The van der Waals surface area contributed by atoms with E-state index < -0.39 is 0 Å². The van der Waals surface area contributed by atoms with E-state index in [2.05, 4.69) is 15.2 Å². The number of hydrogen-bond donors (Lipinski definition) is 0. The van der Waals surface area contributed by atoms with Gasteiger partial charge in [0.05, 0.1) is 5.75 Å². The first-order chi connectivity index (χ1) is 10.7. The number of aromatic nitrogens is 4. The monoisotopic (exact) mass is 319 g/mol. The van der Waals surface area contributed by atoms with Gasteiger partial charge in [-0.3, -0.25) is 9.78 Å². The Hall–Kier alpha value is -1.89. The predicted molar refractivity (Wildman–Crippen MR) is 86.6 cm³/mol. The summed E-state index contributed by atoms with van der Waals surface area (Å²) < 4.78 is 1.97. The van der Waals surface area contributed by atoms with Crippen LogP contribution in [0.3, 0.4) is 0 Å². The van der Waals surface area contributed by atoms with Crippen molar-refractivity contribution in [2.45, 2.75) is 32.0 Å². The molecular weight excluding hydrogens is 298 g/mol. The van der Waals surface area contributed by atoms with Crippen molar-refractivity contribution in [2.75, 3.05) is 18.8 Å². The Morgan fingerprint density at radius 1 is 1.32 bits per heavy atom. The van der Waals surface area contributed by atoms with E-state index in [-0.39, 0.29) is 5.91 Å². The highest BCUT2D eigenvalue weighted by Gasteiger charge is 2.12. The van der Waals surface area contributed by atoms with Crippen molar-refractivity contribution in [3.8, 4) is 0 Å². The SMILES string of the molecule is CCN(CC)C(=O)CSc1nncn1CCc1ccccn1. The number of pyridine rings is 1. The molecule has 0 aliphatic heterocycles. The van der Waals surface area contributed by atoms with Crippen molar-refractivity contribution >= 4 is 17.7 Å². The number of carbonyl (C=O) groups excluding carboxylic acids is 1. The molecule has 0 atom stereocenters.